The van der Waals surface area contributed by atoms with Gasteiger partial charge in [-0.2, -0.15) is 5.26 Å². The number of fused-ring (bicyclic) bond motifs is 1. The van der Waals surface area contributed by atoms with Gasteiger partial charge in [-0.1, -0.05) is 25.1 Å². The number of nitrogens with one attached hydrogen (secondary N) is 2. The van der Waals surface area contributed by atoms with E-state index in [9.17, 15) is 14.9 Å². The maximum absolute atomic E-state index is 12.9. The Balaban J connectivity index is 1.36. The van der Waals surface area contributed by atoms with Gasteiger partial charge in [0, 0.05) is 36.8 Å². The monoisotopic (exact) mass is 503 g/mol. The summed E-state index contributed by atoms with van der Waals surface area (Å²) in [7, 11) is 1.62. The van der Waals surface area contributed by atoms with E-state index in [0.717, 1.165) is 33.7 Å². The SMILES string of the molecule is COc1ccccc1[C@H](C)CC(=O)Nc1sc2c(c1C#N)CCN(C(=O)NCCc1ccncc1)C2. The molecule has 36 heavy (non-hydrogen) atoms. The highest BCUT2D eigenvalue weighted by Crippen LogP contribution is 2.37. The molecule has 3 amide bonds. The number of hydrogen-bond donors (Lipinski definition) is 2. The van der Waals surface area contributed by atoms with Crippen molar-refractivity contribution in [3.63, 3.8) is 0 Å². The van der Waals surface area contributed by atoms with Gasteiger partial charge in [-0.05, 0) is 53.6 Å². The third-order valence-corrected chi connectivity index (χ3v) is 7.44. The van der Waals surface area contributed by atoms with E-state index in [1.807, 2.05) is 43.3 Å². The van der Waals surface area contributed by atoms with Crippen LogP contribution < -0.4 is 15.4 Å². The van der Waals surface area contributed by atoms with Crippen molar-refractivity contribution in [3.05, 3.63) is 75.9 Å². The van der Waals surface area contributed by atoms with E-state index in [2.05, 4.69) is 21.7 Å². The maximum atomic E-state index is 12.9. The minimum atomic E-state index is -0.158. The second-order valence-electron chi connectivity index (χ2n) is 8.72. The van der Waals surface area contributed by atoms with Crippen molar-refractivity contribution in [3.8, 4) is 11.8 Å². The van der Waals surface area contributed by atoms with Crippen molar-refractivity contribution in [2.45, 2.75) is 38.6 Å². The van der Waals surface area contributed by atoms with Crippen LogP contribution in [0.25, 0.3) is 0 Å². The summed E-state index contributed by atoms with van der Waals surface area (Å²) in [5, 5.41) is 16.3. The molecule has 3 heterocycles. The van der Waals surface area contributed by atoms with Crippen molar-refractivity contribution in [2.75, 3.05) is 25.5 Å². The molecule has 1 aromatic carbocycles. The molecule has 0 aliphatic carbocycles. The molecule has 0 unspecified atom stereocenters. The number of para-hydroxylation sites is 1. The number of ether oxygens (including phenoxy) is 1. The zero-order valence-electron chi connectivity index (χ0n) is 20.4. The number of rotatable bonds is 8. The van der Waals surface area contributed by atoms with E-state index in [1.54, 1.807) is 24.4 Å². The molecule has 2 aromatic heterocycles. The Kier molecular flexibility index (Phi) is 8.18. The Labute approximate surface area is 214 Å². The standard InChI is InChI=1S/C27H29N5O3S/c1-18(20-5-3-4-6-23(20)35-2)15-25(33)31-26-22(16-28)21-10-14-32(17-24(21)36-26)27(34)30-13-9-19-7-11-29-12-8-19/h3-8,11-12,18H,9-10,13-15,17H2,1-2H3,(H,30,34)(H,31,33)/t18-/m1/s1. The van der Waals surface area contributed by atoms with Crippen LogP contribution in [0.1, 0.15) is 46.4 Å². The summed E-state index contributed by atoms with van der Waals surface area (Å²) in [6, 6.07) is 13.7. The molecule has 0 bridgehead atoms. The molecule has 8 nitrogen and oxygen atoms in total. The summed E-state index contributed by atoms with van der Waals surface area (Å²) < 4.78 is 5.42. The van der Waals surface area contributed by atoms with Gasteiger partial charge >= 0.3 is 6.03 Å². The number of amides is 3. The highest BCUT2D eigenvalue weighted by Gasteiger charge is 2.28. The number of aromatic nitrogens is 1. The molecule has 9 heteroatoms. The number of benzene rings is 1. The first kappa shape index (κ1) is 25.2. The van der Waals surface area contributed by atoms with E-state index in [4.69, 9.17) is 4.74 Å². The molecule has 4 rings (SSSR count). The number of nitrogens with zero attached hydrogens (tertiary/aromatic N) is 3. The van der Waals surface area contributed by atoms with Crippen LogP contribution in [0.5, 0.6) is 5.75 Å². The number of urea groups is 1. The van der Waals surface area contributed by atoms with Gasteiger partial charge in [0.25, 0.3) is 0 Å². The van der Waals surface area contributed by atoms with Crippen LogP contribution in [0.4, 0.5) is 9.80 Å². The number of methoxy groups -OCH3 is 1. The van der Waals surface area contributed by atoms with Crippen LogP contribution in [0.3, 0.4) is 0 Å². The summed E-state index contributed by atoms with van der Waals surface area (Å²) in [5.41, 5.74) is 3.51. The Morgan fingerprint density at radius 2 is 2.03 bits per heavy atom. The Hall–Kier alpha value is -3.90. The number of pyridine rings is 1. The lowest BCUT2D eigenvalue weighted by Crippen LogP contribution is -2.43. The van der Waals surface area contributed by atoms with E-state index in [-0.39, 0.29) is 24.3 Å². The summed E-state index contributed by atoms with van der Waals surface area (Å²) in [4.78, 5) is 32.3. The summed E-state index contributed by atoms with van der Waals surface area (Å²) in [5.74, 6) is 0.545. The van der Waals surface area contributed by atoms with Gasteiger partial charge in [0.05, 0.1) is 19.2 Å². The number of hydrogen-bond acceptors (Lipinski definition) is 6. The van der Waals surface area contributed by atoms with Crippen LogP contribution in [-0.2, 0) is 24.2 Å². The lowest BCUT2D eigenvalue weighted by Gasteiger charge is -2.27. The number of carbonyl (C=O) groups excluding carboxylic acids is 2. The van der Waals surface area contributed by atoms with E-state index in [1.165, 1.54) is 11.3 Å². The van der Waals surface area contributed by atoms with Crippen molar-refractivity contribution in [2.24, 2.45) is 0 Å². The molecule has 3 aromatic rings. The summed E-state index contributed by atoms with van der Waals surface area (Å²) in [6.07, 6.45) is 5.05. The van der Waals surface area contributed by atoms with Gasteiger partial charge in [-0.25, -0.2) is 4.79 Å². The molecule has 0 saturated carbocycles. The van der Waals surface area contributed by atoms with Crippen molar-refractivity contribution in [1.29, 1.82) is 5.26 Å². The predicted octanol–water partition coefficient (Wildman–Crippen LogP) is 4.47. The van der Waals surface area contributed by atoms with Gasteiger partial charge in [-0.15, -0.1) is 11.3 Å². The number of thiophene rings is 1. The van der Waals surface area contributed by atoms with Gasteiger partial charge in [0.2, 0.25) is 5.91 Å². The predicted molar refractivity (Wildman–Crippen MR) is 139 cm³/mol. The number of carbonyl (C=O) groups is 2. The molecule has 0 saturated heterocycles. The molecule has 186 valence electrons. The van der Waals surface area contributed by atoms with Crippen molar-refractivity contribution in [1.82, 2.24) is 15.2 Å². The van der Waals surface area contributed by atoms with Gasteiger partial charge in [0.15, 0.2) is 0 Å². The molecular formula is C27H29N5O3S. The van der Waals surface area contributed by atoms with Crippen LogP contribution >= 0.6 is 11.3 Å². The fourth-order valence-corrected chi connectivity index (χ4v) is 5.63. The molecule has 0 spiro atoms. The third-order valence-electron chi connectivity index (χ3n) is 6.31. The molecular weight excluding hydrogens is 474 g/mol. The lowest BCUT2D eigenvalue weighted by molar-refractivity contribution is -0.116. The first-order chi connectivity index (χ1) is 17.5. The highest BCUT2D eigenvalue weighted by molar-refractivity contribution is 7.16. The third kappa shape index (κ3) is 5.83. The zero-order valence-corrected chi connectivity index (χ0v) is 21.2. The number of nitriles is 1. The normalized spacial score (nSPS) is 13.3. The van der Waals surface area contributed by atoms with E-state index >= 15 is 0 Å². The smallest absolute Gasteiger partial charge is 0.317 e. The van der Waals surface area contributed by atoms with Crippen LogP contribution in [0.2, 0.25) is 0 Å². The first-order valence-electron chi connectivity index (χ1n) is 11.9. The Morgan fingerprint density at radius 1 is 1.25 bits per heavy atom. The average Bonchev–Trinajstić information content (AvgIpc) is 3.24. The van der Waals surface area contributed by atoms with E-state index < -0.39 is 0 Å². The van der Waals surface area contributed by atoms with Crippen LogP contribution in [-0.4, -0.2) is 42.0 Å². The molecule has 0 radical (unpaired) electrons. The second-order valence-corrected chi connectivity index (χ2v) is 9.83. The summed E-state index contributed by atoms with van der Waals surface area (Å²) in [6.45, 7) is 3.46. The topological polar surface area (TPSA) is 107 Å². The first-order valence-corrected chi connectivity index (χ1v) is 12.7. The number of anilines is 1. The quantitative estimate of drug-likeness (QED) is 0.472. The average molecular weight is 504 g/mol. The fourth-order valence-electron chi connectivity index (χ4n) is 4.40. The molecule has 1 aliphatic rings. The lowest BCUT2D eigenvalue weighted by atomic mass is 9.96. The fraction of sp³-hybridized carbons (Fsp3) is 0.333. The van der Waals surface area contributed by atoms with Crippen LogP contribution in [0.15, 0.2) is 48.8 Å². The van der Waals surface area contributed by atoms with Crippen molar-refractivity contribution < 1.29 is 14.3 Å². The van der Waals surface area contributed by atoms with Gasteiger partial charge in [0.1, 0.15) is 16.8 Å². The Bertz CT molecular complexity index is 1270. The molecule has 1 atom stereocenters. The minimum Gasteiger partial charge on any atom is -0.496 e. The largest absolute Gasteiger partial charge is 0.496 e. The second kappa shape index (κ2) is 11.7. The Morgan fingerprint density at radius 3 is 2.78 bits per heavy atom. The summed E-state index contributed by atoms with van der Waals surface area (Å²) >= 11 is 1.38. The minimum absolute atomic E-state index is 0.0485. The molecule has 0 fully saturated rings. The van der Waals surface area contributed by atoms with Gasteiger partial charge in [-0.3, -0.25) is 9.78 Å². The highest BCUT2D eigenvalue weighted by atomic mass is 32.1. The van der Waals surface area contributed by atoms with Crippen molar-refractivity contribution >= 4 is 28.3 Å². The molecule has 2 N–H and O–H groups in total. The zero-order chi connectivity index (χ0) is 25.5. The van der Waals surface area contributed by atoms with E-state index in [0.29, 0.717) is 36.6 Å². The van der Waals surface area contributed by atoms with Gasteiger partial charge < -0.3 is 20.3 Å². The van der Waals surface area contributed by atoms with Crippen LogP contribution in [0, 0.1) is 11.3 Å². The maximum Gasteiger partial charge on any atom is 0.317 e. The molecule has 1 aliphatic heterocycles.